The van der Waals surface area contributed by atoms with E-state index in [1.807, 2.05) is 19.2 Å². The van der Waals surface area contributed by atoms with Gasteiger partial charge in [0.2, 0.25) is 0 Å². The van der Waals surface area contributed by atoms with Crippen LogP contribution in [0.4, 0.5) is 0 Å². The van der Waals surface area contributed by atoms with Crippen molar-refractivity contribution in [2.24, 2.45) is 0 Å². The maximum atomic E-state index is 5.42. The molecule has 0 fully saturated rings. The van der Waals surface area contributed by atoms with Crippen LogP contribution in [-0.4, -0.2) is 38.7 Å². The molecule has 0 heterocycles. The highest BCUT2D eigenvalue weighted by atomic mass is 16.5. The summed E-state index contributed by atoms with van der Waals surface area (Å²) < 4.78 is 5.42. The Morgan fingerprint density at radius 1 is 1.24 bits per heavy atom. The van der Waals surface area contributed by atoms with E-state index in [1.54, 1.807) is 7.11 Å². The molecule has 17 heavy (non-hydrogen) atoms. The van der Waals surface area contributed by atoms with Crippen LogP contribution < -0.4 is 10.1 Å². The molecule has 3 heteroatoms. The van der Waals surface area contributed by atoms with Gasteiger partial charge in [0.05, 0.1) is 7.11 Å². The number of para-hydroxylation sites is 1. The summed E-state index contributed by atoms with van der Waals surface area (Å²) in [5, 5.41) is 3.37. The molecule has 1 unspecified atom stereocenters. The largest absolute Gasteiger partial charge is 0.496 e. The van der Waals surface area contributed by atoms with Crippen molar-refractivity contribution < 1.29 is 4.74 Å². The van der Waals surface area contributed by atoms with Crippen molar-refractivity contribution in [1.82, 2.24) is 10.2 Å². The Balaban J connectivity index is 2.85. The summed E-state index contributed by atoms with van der Waals surface area (Å²) in [5.41, 5.74) is 1.23. The van der Waals surface area contributed by atoms with E-state index < -0.39 is 0 Å². The van der Waals surface area contributed by atoms with E-state index in [4.69, 9.17) is 4.74 Å². The summed E-state index contributed by atoms with van der Waals surface area (Å²) in [6.45, 7) is 7.54. The van der Waals surface area contributed by atoms with Crippen LogP contribution in [0.15, 0.2) is 24.3 Å². The predicted molar refractivity (Wildman–Crippen MR) is 72.6 cm³/mol. The van der Waals surface area contributed by atoms with Gasteiger partial charge in [-0.2, -0.15) is 0 Å². The fourth-order valence-electron chi connectivity index (χ4n) is 2.04. The van der Waals surface area contributed by atoms with Crippen LogP contribution in [0.25, 0.3) is 0 Å². The molecule has 1 N–H and O–H groups in total. The maximum absolute atomic E-state index is 5.42. The molecule has 0 aliphatic rings. The van der Waals surface area contributed by atoms with E-state index in [0.29, 0.717) is 6.04 Å². The second-order valence-electron chi connectivity index (χ2n) is 4.07. The molecular formula is C14H24N2O. The molecule has 0 aromatic heterocycles. The highest BCUT2D eigenvalue weighted by Gasteiger charge is 2.16. The van der Waals surface area contributed by atoms with Gasteiger partial charge in [0.1, 0.15) is 5.75 Å². The third-order valence-electron chi connectivity index (χ3n) is 3.20. The molecule has 0 aliphatic carbocycles. The van der Waals surface area contributed by atoms with Crippen molar-refractivity contribution in [3.8, 4) is 5.75 Å². The highest BCUT2D eigenvalue weighted by Crippen LogP contribution is 2.25. The van der Waals surface area contributed by atoms with Crippen molar-refractivity contribution in [2.75, 3.05) is 33.8 Å². The number of benzene rings is 1. The molecular weight excluding hydrogens is 212 g/mol. The van der Waals surface area contributed by atoms with Gasteiger partial charge in [-0.15, -0.1) is 0 Å². The number of likely N-dealkylation sites (N-methyl/N-ethyl adjacent to an activating group) is 2. The molecule has 0 saturated carbocycles. The molecule has 0 bridgehead atoms. The Hall–Kier alpha value is -1.06. The number of ether oxygens (including phenoxy) is 1. The third-order valence-corrected chi connectivity index (χ3v) is 3.20. The summed E-state index contributed by atoms with van der Waals surface area (Å²) in [4.78, 5) is 2.41. The lowest BCUT2D eigenvalue weighted by Gasteiger charge is -2.26. The van der Waals surface area contributed by atoms with Crippen molar-refractivity contribution in [3.63, 3.8) is 0 Å². The monoisotopic (exact) mass is 236 g/mol. The standard InChI is InChI=1S/C14H24N2O/c1-5-16(6-2)11-13(15-3)12-9-7-8-10-14(12)17-4/h7-10,13,15H,5-6,11H2,1-4H3. The number of methoxy groups -OCH3 is 1. The number of hydrogen-bond donors (Lipinski definition) is 1. The fourth-order valence-corrected chi connectivity index (χ4v) is 2.04. The van der Waals surface area contributed by atoms with Gasteiger partial charge in [-0.3, -0.25) is 0 Å². The summed E-state index contributed by atoms with van der Waals surface area (Å²) >= 11 is 0. The quantitative estimate of drug-likeness (QED) is 0.786. The highest BCUT2D eigenvalue weighted by molar-refractivity contribution is 5.36. The Kier molecular flexibility index (Phi) is 6.01. The number of nitrogens with one attached hydrogen (secondary N) is 1. The van der Waals surface area contributed by atoms with E-state index >= 15 is 0 Å². The van der Waals surface area contributed by atoms with Crippen molar-refractivity contribution in [1.29, 1.82) is 0 Å². The second-order valence-corrected chi connectivity index (χ2v) is 4.07. The van der Waals surface area contributed by atoms with Gasteiger partial charge in [0.15, 0.2) is 0 Å². The first-order chi connectivity index (χ1) is 8.26. The van der Waals surface area contributed by atoms with Crippen LogP contribution >= 0.6 is 0 Å². The smallest absolute Gasteiger partial charge is 0.123 e. The predicted octanol–water partition coefficient (Wildman–Crippen LogP) is 2.30. The van der Waals surface area contributed by atoms with Crippen molar-refractivity contribution in [3.05, 3.63) is 29.8 Å². The van der Waals surface area contributed by atoms with Crippen LogP contribution in [0, 0.1) is 0 Å². The molecule has 1 aromatic carbocycles. The lowest BCUT2D eigenvalue weighted by Crippen LogP contribution is -2.33. The molecule has 0 saturated heterocycles. The van der Waals surface area contributed by atoms with Crippen LogP contribution in [0.3, 0.4) is 0 Å². The van der Waals surface area contributed by atoms with E-state index in [-0.39, 0.29) is 0 Å². The Morgan fingerprint density at radius 3 is 2.41 bits per heavy atom. The Morgan fingerprint density at radius 2 is 1.88 bits per heavy atom. The van der Waals surface area contributed by atoms with Gasteiger partial charge in [-0.1, -0.05) is 32.0 Å². The number of hydrogen-bond acceptors (Lipinski definition) is 3. The molecule has 1 rings (SSSR count). The summed E-state index contributed by atoms with van der Waals surface area (Å²) in [6.07, 6.45) is 0. The minimum atomic E-state index is 0.311. The average molecular weight is 236 g/mol. The van der Waals surface area contributed by atoms with E-state index in [2.05, 4.69) is 36.2 Å². The van der Waals surface area contributed by atoms with E-state index in [0.717, 1.165) is 25.4 Å². The number of rotatable bonds is 7. The van der Waals surface area contributed by atoms with Gasteiger partial charge in [-0.05, 0) is 26.2 Å². The lowest BCUT2D eigenvalue weighted by molar-refractivity contribution is 0.268. The zero-order valence-corrected chi connectivity index (χ0v) is 11.4. The lowest BCUT2D eigenvalue weighted by atomic mass is 10.1. The van der Waals surface area contributed by atoms with Gasteiger partial charge >= 0.3 is 0 Å². The average Bonchev–Trinajstić information content (AvgIpc) is 2.40. The minimum absolute atomic E-state index is 0.311. The van der Waals surface area contributed by atoms with Crippen LogP contribution in [0.5, 0.6) is 5.75 Å². The molecule has 1 atom stereocenters. The zero-order valence-electron chi connectivity index (χ0n) is 11.4. The number of nitrogens with zero attached hydrogens (tertiary/aromatic N) is 1. The van der Waals surface area contributed by atoms with Gasteiger partial charge < -0.3 is 15.0 Å². The molecule has 3 nitrogen and oxygen atoms in total. The third kappa shape index (κ3) is 3.72. The summed E-state index contributed by atoms with van der Waals surface area (Å²) in [5.74, 6) is 0.957. The topological polar surface area (TPSA) is 24.5 Å². The SMILES string of the molecule is CCN(CC)CC(NC)c1ccccc1OC. The fraction of sp³-hybridized carbons (Fsp3) is 0.571. The zero-order chi connectivity index (χ0) is 12.7. The first-order valence-electron chi connectivity index (χ1n) is 6.29. The molecule has 0 spiro atoms. The second kappa shape index (κ2) is 7.30. The molecule has 1 aromatic rings. The van der Waals surface area contributed by atoms with E-state index in [1.165, 1.54) is 5.56 Å². The van der Waals surface area contributed by atoms with Gasteiger partial charge in [-0.25, -0.2) is 0 Å². The van der Waals surface area contributed by atoms with Gasteiger partial charge in [0, 0.05) is 18.2 Å². The Labute approximate surface area is 105 Å². The first-order valence-corrected chi connectivity index (χ1v) is 6.29. The first kappa shape index (κ1) is 14.0. The van der Waals surface area contributed by atoms with Crippen molar-refractivity contribution >= 4 is 0 Å². The minimum Gasteiger partial charge on any atom is -0.496 e. The van der Waals surface area contributed by atoms with Crippen LogP contribution in [-0.2, 0) is 0 Å². The normalized spacial score (nSPS) is 12.8. The van der Waals surface area contributed by atoms with Crippen LogP contribution in [0.2, 0.25) is 0 Å². The summed E-state index contributed by atoms with van der Waals surface area (Å²) in [6, 6.07) is 8.52. The van der Waals surface area contributed by atoms with Crippen LogP contribution in [0.1, 0.15) is 25.5 Å². The molecule has 0 radical (unpaired) electrons. The van der Waals surface area contributed by atoms with E-state index in [9.17, 15) is 0 Å². The molecule has 96 valence electrons. The molecule has 0 aliphatic heterocycles. The molecule has 0 amide bonds. The Bertz CT molecular complexity index is 324. The maximum Gasteiger partial charge on any atom is 0.123 e. The summed E-state index contributed by atoms with van der Waals surface area (Å²) in [7, 11) is 3.73. The van der Waals surface area contributed by atoms with Crippen molar-refractivity contribution in [2.45, 2.75) is 19.9 Å². The van der Waals surface area contributed by atoms with Gasteiger partial charge in [0.25, 0.3) is 0 Å².